The summed E-state index contributed by atoms with van der Waals surface area (Å²) in [5.41, 5.74) is 4.49. The van der Waals surface area contributed by atoms with Gasteiger partial charge in [-0.3, -0.25) is 0 Å². The number of rotatable bonds is 10. The summed E-state index contributed by atoms with van der Waals surface area (Å²) in [6.07, 6.45) is 1.80. The maximum Gasteiger partial charge on any atom is 0.508 e. The Hall–Kier alpha value is -3.17. The molecular formula is C30H39ClN4O5. The van der Waals surface area contributed by atoms with E-state index in [0.717, 1.165) is 54.9 Å². The lowest BCUT2D eigenvalue weighted by molar-refractivity contribution is -0.0749. The molecule has 1 aliphatic carbocycles. The smallest absolute Gasteiger partial charge is 0.491 e. The zero-order valence-electron chi connectivity index (χ0n) is 24.1. The van der Waals surface area contributed by atoms with E-state index in [1.54, 1.807) is 25.1 Å². The number of halogens is 1. The highest BCUT2D eigenvalue weighted by molar-refractivity contribution is 6.33. The Morgan fingerprint density at radius 3 is 2.55 bits per heavy atom. The molecular weight excluding hydrogens is 532 g/mol. The minimum absolute atomic E-state index is 0.0813. The third-order valence-corrected chi connectivity index (χ3v) is 7.91. The lowest BCUT2D eigenvalue weighted by atomic mass is 9.61. The number of aromatic nitrogens is 2. The van der Waals surface area contributed by atoms with Gasteiger partial charge in [-0.25, -0.2) is 14.8 Å². The molecule has 4 rings (SSSR count). The Kier molecular flexibility index (Phi) is 9.05. The third-order valence-electron chi connectivity index (χ3n) is 7.58. The van der Waals surface area contributed by atoms with Crippen molar-refractivity contribution in [2.24, 2.45) is 5.41 Å². The van der Waals surface area contributed by atoms with Crippen LogP contribution in [0.2, 0.25) is 5.02 Å². The molecule has 1 aromatic heterocycles. The predicted octanol–water partition coefficient (Wildman–Crippen LogP) is 6.23. The van der Waals surface area contributed by atoms with Crippen LogP contribution in [0.25, 0.3) is 17.0 Å². The van der Waals surface area contributed by atoms with Crippen LogP contribution in [0.4, 0.5) is 10.6 Å². The zero-order valence-corrected chi connectivity index (χ0v) is 24.9. The van der Waals surface area contributed by atoms with Crippen LogP contribution in [-0.4, -0.2) is 66.0 Å². The Morgan fingerprint density at radius 1 is 1.25 bits per heavy atom. The van der Waals surface area contributed by atoms with E-state index in [1.807, 2.05) is 27.7 Å². The van der Waals surface area contributed by atoms with Crippen molar-refractivity contribution >= 4 is 34.9 Å². The number of allylic oxidation sites excluding steroid dienone is 2. The van der Waals surface area contributed by atoms with Gasteiger partial charge < -0.3 is 29.6 Å². The maximum absolute atomic E-state index is 11.5. The van der Waals surface area contributed by atoms with Crippen molar-refractivity contribution in [1.82, 2.24) is 9.97 Å². The van der Waals surface area contributed by atoms with E-state index >= 15 is 0 Å². The summed E-state index contributed by atoms with van der Waals surface area (Å²) >= 11 is 6.66. The van der Waals surface area contributed by atoms with Crippen molar-refractivity contribution in [3.8, 4) is 17.1 Å². The molecule has 1 spiro atoms. The normalized spacial score (nSPS) is 16.6. The van der Waals surface area contributed by atoms with E-state index in [9.17, 15) is 9.90 Å². The number of carbonyl (C=O) groups is 1. The number of hydrogen-bond donors (Lipinski definition) is 2. The van der Waals surface area contributed by atoms with Crippen LogP contribution in [0.1, 0.15) is 64.6 Å². The van der Waals surface area contributed by atoms with Crippen molar-refractivity contribution in [3.05, 3.63) is 40.1 Å². The molecule has 10 heteroatoms. The van der Waals surface area contributed by atoms with Gasteiger partial charge in [0.05, 0.1) is 23.9 Å². The quantitative estimate of drug-likeness (QED) is 0.255. The fraction of sp³-hybridized carbons (Fsp3) is 0.533. The number of hydrogen-bond acceptors (Lipinski definition) is 9. The summed E-state index contributed by atoms with van der Waals surface area (Å²) in [4.78, 5) is 23.6. The van der Waals surface area contributed by atoms with Crippen molar-refractivity contribution in [1.29, 1.82) is 5.41 Å². The van der Waals surface area contributed by atoms with Gasteiger partial charge in [0.25, 0.3) is 0 Å². The van der Waals surface area contributed by atoms with E-state index in [-0.39, 0.29) is 18.1 Å². The molecule has 1 atom stereocenters. The fourth-order valence-electron chi connectivity index (χ4n) is 5.69. The first-order chi connectivity index (χ1) is 19.0. The van der Waals surface area contributed by atoms with Gasteiger partial charge in [-0.2, -0.15) is 0 Å². The number of ether oxygens (including phenoxy) is 3. The van der Waals surface area contributed by atoms with E-state index in [2.05, 4.69) is 9.64 Å². The number of methoxy groups -OCH3 is 1. The van der Waals surface area contributed by atoms with Gasteiger partial charge in [0.15, 0.2) is 5.82 Å². The number of benzene rings is 1. The molecule has 1 aliphatic heterocycles. The van der Waals surface area contributed by atoms with Crippen LogP contribution in [0, 0.1) is 17.7 Å². The first kappa shape index (κ1) is 29.8. The Morgan fingerprint density at radius 2 is 1.95 bits per heavy atom. The zero-order chi connectivity index (χ0) is 29.2. The van der Waals surface area contributed by atoms with Gasteiger partial charge in [0.2, 0.25) is 0 Å². The van der Waals surface area contributed by atoms with E-state index < -0.39 is 12.3 Å². The molecule has 0 amide bonds. The van der Waals surface area contributed by atoms with Gasteiger partial charge in [-0.15, -0.1) is 0 Å². The molecule has 0 bridgehead atoms. The van der Waals surface area contributed by atoms with E-state index in [1.165, 1.54) is 7.11 Å². The molecule has 0 unspecified atom stereocenters. The highest BCUT2D eigenvalue weighted by Crippen LogP contribution is 2.51. The number of anilines is 1. The molecule has 2 heterocycles. The van der Waals surface area contributed by atoms with Crippen molar-refractivity contribution < 1.29 is 24.1 Å². The molecule has 216 valence electrons. The Balaban J connectivity index is 1.67. The van der Waals surface area contributed by atoms with E-state index in [0.29, 0.717) is 40.0 Å². The summed E-state index contributed by atoms with van der Waals surface area (Å²) in [7, 11) is 1.31. The number of aliphatic hydroxyl groups excluding tert-OH is 1. The SMILES string of the molecule is CCC[C@@H](O)COc1ccc(Cl)c(-c2nc(C(C(C)=N)=C(C)C)c(C)c(N3CC4(CC(OC(=O)OC)C4)C3)n2)c1. The molecule has 1 saturated carbocycles. The minimum Gasteiger partial charge on any atom is -0.491 e. The largest absolute Gasteiger partial charge is 0.508 e. The lowest BCUT2D eigenvalue weighted by Crippen LogP contribution is -2.64. The molecule has 2 fully saturated rings. The number of aliphatic hydroxyl groups is 1. The van der Waals surface area contributed by atoms with Crippen LogP contribution >= 0.6 is 11.6 Å². The molecule has 40 heavy (non-hydrogen) atoms. The lowest BCUT2D eigenvalue weighted by Gasteiger charge is -2.58. The van der Waals surface area contributed by atoms with Crippen molar-refractivity contribution in [3.63, 3.8) is 0 Å². The molecule has 9 nitrogen and oxygen atoms in total. The summed E-state index contributed by atoms with van der Waals surface area (Å²) in [5.74, 6) is 1.81. The van der Waals surface area contributed by atoms with Crippen LogP contribution in [0.15, 0.2) is 23.8 Å². The summed E-state index contributed by atoms with van der Waals surface area (Å²) in [5, 5.41) is 19.1. The molecule has 1 saturated heterocycles. The Labute approximate surface area is 241 Å². The van der Waals surface area contributed by atoms with Crippen LogP contribution < -0.4 is 9.64 Å². The monoisotopic (exact) mass is 570 g/mol. The van der Waals surface area contributed by atoms with Crippen LogP contribution in [0.3, 0.4) is 0 Å². The molecule has 1 aromatic carbocycles. The third kappa shape index (κ3) is 6.25. The van der Waals surface area contributed by atoms with Crippen LogP contribution in [0.5, 0.6) is 5.75 Å². The number of nitrogens with zero attached hydrogens (tertiary/aromatic N) is 3. The Bertz CT molecular complexity index is 1310. The second-order valence-corrected chi connectivity index (χ2v) is 11.6. The average Bonchev–Trinajstić information content (AvgIpc) is 2.85. The van der Waals surface area contributed by atoms with E-state index in [4.69, 9.17) is 36.5 Å². The summed E-state index contributed by atoms with van der Waals surface area (Å²) in [6, 6.07) is 5.32. The predicted molar refractivity (Wildman–Crippen MR) is 156 cm³/mol. The number of nitrogens with one attached hydrogen (secondary N) is 1. The summed E-state index contributed by atoms with van der Waals surface area (Å²) < 4.78 is 15.8. The average molecular weight is 571 g/mol. The van der Waals surface area contributed by atoms with Gasteiger partial charge in [0, 0.05) is 40.9 Å². The van der Waals surface area contributed by atoms with Crippen molar-refractivity contribution in [2.75, 3.05) is 31.7 Å². The highest BCUT2D eigenvalue weighted by Gasteiger charge is 2.54. The van der Waals surface area contributed by atoms with Crippen LogP contribution in [-0.2, 0) is 9.47 Å². The van der Waals surface area contributed by atoms with Gasteiger partial charge in [0.1, 0.15) is 24.3 Å². The first-order valence-corrected chi connectivity index (χ1v) is 14.1. The maximum atomic E-state index is 11.5. The van der Waals surface area contributed by atoms with Gasteiger partial charge >= 0.3 is 6.16 Å². The van der Waals surface area contributed by atoms with Crippen molar-refractivity contribution in [2.45, 2.75) is 72.5 Å². The standard InChI is InChI=1S/C30H39ClN4O5/c1-7-8-20(36)14-39-21-9-10-24(31)23(11-21)27-33-26(25(17(2)3)19(5)32)18(4)28(34-27)35-15-30(16-35)12-22(13-30)40-29(37)38-6/h9-11,20,22,32,36H,7-8,12-16H2,1-6H3/t20-/m1/s1. The minimum atomic E-state index is -0.642. The molecule has 2 aromatic rings. The first-order valence-electron chi connectivity index (χ1n) is 13.7. The number of carbonyl (C=O) groups excluding carboxylic acids is 1. The fourth-order valence-corrected chi connectivity index (χ4v) is 5.89. The second kappa shape index (κ2) is 12.1. The van der Waals surface area contributed by atoms with Gasteiger partial charge in [-0.1, -0.05) is 30.5 Å². The highest BCUT2D eigenvalue weighted by atomic mass is 35.5. The second-order valence-electron chi connectivity index (χ2n) is 11.2. The van der Waals surface area contributed by atoms with Gasteiger partial charge in [-0.05, 0) is 65.2 Å². The molecule has 2 aliphatic rings. The molecule has 0 radical (unpaired) electrons. The summed E-state index contributed by atoms with van der Waals surface area (Å²) in [6.45, 7) is 11.5. The topological polar surface area (TPSA) is 118 Å². The molecule has 2 N–H and O–H groups in total.